The van der Waals surface area contributed by atoms with E-state index in [1.807, 2.05) is 72.8 Å². The zero-order chi connectivity index (χ0) is 14.9. The molecule has 0 spiro atoms. The van der Waals surface area contributed by atoms with Gasteiger partial charge in [-0.05, 0) is 22.9 Å². The van der Waals surface area contributed by atoms with E-state index in [2.05, 4.69) is 4.98 Å². The molecule has 0 aliphatic heterocycles. The van der Waals surface area contributed by atoms with E-state index in [1.165, 1.54) is 0 Å². The summed E-state index contributed by atoms with van der Waals surface area (Å²) in [7, 11) is 0. The molecule has 4 aromatic rings. The lowest BCUT2D eigenvalue weighted by Crippen LogP contribution is -2.02. The second kappa shape index (κ2) is 5.08. The van der Waals surface area contributed by atoms with Crippen molar-refractivity contribution in [1.82, 2.24) is 4.98 Å². The number of para-hydroxylation sites is 1. The maximum Gasteiger partial charge on any atom is 0.195 e. The van der Waals surface area contributed by atoms with Crippen LogP contribution in [0.15, 0.2) is 79.0 Å². The molecule has 0 saturated heterocycles. The van der Waals surface area contributed by atoms with Gasteiger partial charge < -0.3 is 0 Å². The van der Waals surface area contributed by atoms with Crippen LogP contribution < -0.4 is 0 Å². The Morgan fingerprint density at radius 1 is 0.773 bits per heavy atom. The number of carbonyl (C=O) groups is 1. The normalized spacial score (nSPS) is 10.9. The van der Waals surface area contributed by atoms with E-state index in [9.17, 15) is 4.79 Å². The monoisotopic (exact) mass is 283 g/mol. The minimum absolute atomic E-state index is 0.00931. The number of fused-ring (bicyclic) bond motifs is 2. The van der Waals surface area contributed by atoms with Crippen molar-refractivity contribution < 1.29 is 4.79 Å². The van der Waals surface area contributed by atoms with Crippen molar-refractivity contribution in [3.05, 3.63) is 90.1 Å². The number of nitrogens with zero attached hydrogens (tertiary/aromatic N) is 1. The van der Waals surface area contributed by atoms with E-state index in [0.717, 1.165) is 27.2 Å². The zero-order valence-electron chi connectivity index (χ0n) is 11.9. The Labute approximate surface area is 128 Å². The van der Waals surface area contributed by atoms with Gasteiger partial charge in [0, 0.05) is 22.7 Å². The van der Waals surface area contributed by atoms with Crippen LogP contribution in [0.3, 0.4) is 0 Å². The minimum Gasteiger partial charge on any atom is -0.289 e. The third-order valence-corrected chi connectivity index (χ3v) is 3.89. The molecule has 1 heterocycles. The lowest BCUT2D eigenvalue weighted by molar-refractivity contribution is 0.104. The van der Waals surface area contributed by atoms with E-state index < -0.39 is 0 Å². The molecule has 1 aromatic heterocycles. The van der Waals surface area contributed by atoms with Crippen LogP contribution in [0.2, 0.25) is 0 Å². The van der Waals surface area contributed by atoms with Crippen molar-refractivity contribution >= 4 is 27.5 Å². The molecule has 0 N–H and O–H groups in total. The molecule has 0 unspecified atom stereocenters. The number of carbonyl (C=O) groups excluding carboxylic acids is 1. The lowest BCUT2D eigenvalue weighted by atomic mass is 9.97. The molecule has 0 fully saturated rings. The minimum atomic E-state index is 0.00931. The van der Waals surface area contributed by atoms with Crippen LogP contribution >= 0.6 is 0 Å². The molecule has 2 nitrogen and oxygen atoms in total. The molecule has 0 aliphatic rings. The number of hydrogen-bond acceptors (Lipinski definition) is 2. The van der Waals surface area contributed by atoms with Crippen LogP contribution in [0.4, 0.5) is 0 Å². The van der Waals surface area contributed by atoms with Gasteiger partial charge in [0.05, 0.1) is 5.52 Å². The van der Waals surface area contributed by atoms with Crippen LogP contribution in [0.25, 0.3) is 21.7 Å². The molecule has 22 heavy (non-hydrogen) atoms. The van der Waals surface area contributed by atoms with Crippen LogP contribution in [-0.2, 0) is 0 Å². The molecule has 0 aliphatic carbocycles. The fourth-order valence-electron chi connectivity index (χ4n) is 2.77. The highest BCUT2D eigenvalue weighted by molar-refractivity contribution is 6.17. The third-order valence-electron chi connectivity index (χ3n) is 3.89. The summed E-state index contributed by atoms with van der Waals surface area (Å²) in [5.41, 5.74) is 2.24. The summed E-state index contributed by atoms with van der Waals surface area (Å²) in [6.45, 7) is 0. The molecule has 0 radical (unpaired) electrons. The van der Waals surface area contributed by atoms with Gasteiger partial charge in [0.15, 0.2) is 5.78 Å². The van der Waals surface area contributed by atoms with Gasteiger partial charge >= 0.3 is 0 Å². The molecule has 0 atom stereocenters. The smallest absolute Gasteiger partial charge is 0.195 e. The van der Waals surface area contributed by atoms with Gasteiger partial charge in [-0.3, -0.25) is 9.78 Å². The summed E-state index contributed by atoms with van der Waals surface area (Å²) in [6.07, 6.45) is 1.66. The quantitative estimate of drug-likeness (QED) is 0.502. The highest BCUT2D eigenvalue weighted by atomic mass is 16.1. The summed E-state index contributed by atoms with van der Waals surface area (Å²) in [5, 5.41) is 3.03. The zero-order valence-corrected chi connectivity index (χ0v) is 11.9. The molecule has 3 aromatic carbocycles. The van der Waals surface area contributed by atoms with Crippen molar-refractivity contribution in [2.45, 2.75) is 0 Å². The first-order valence-corrected chi connectivity index (χ1v) is 7.20. The van der Waals surface area contributed by atoms with Crippen molar-refractivity contribution in [2.75, 3.05) is 0 Å². The molecular weight excluding hydrogens is 270 g/mol. The van der Waals surface area contributed by atoms with Crippen LogP contribution in [0.1, 0.15) is 15.9 Å². The summed E-state index contributed by atoms with van der Waals surface area (Å²) in [4.78, 5) is 17.3. The van der Waals surface area contributed by atoms with E-state index in [0.29, 0.717) is 5.56 Å². The first-order valence-electron chi connectivity index (χ1n) is 7.20. The second-order valence-electron chi connectivity index (χ2n) is 5.27. The van der Waals surface area contributed by atoms with Crippen molar-refractivity contribution in [1.29, 1.82) is 0 Å². The number of ketones is 1. The predicted octanol–water partition coefficient (Wildman–Crippen LogP) is 4.62. The number of benzene rings is 3. The fraction of sp³-hybridized carbons (Fsp3) is 0. The van der Waals surface area contributed by atoms with E-state index in [-0.39, 0.29) is 5.78 Å². The Hall–Kier alpha value is -3.00. The van der Waals surface area contributed by atoms with Crippen molar-refractivity contribution in [3.63, 3.8) is 0 Å². The number of pyridine rings is 1. The van der Waals surface area contributed by atoms with Gasteiger partial charge in [0.2, 0.25) is 0 Å². The summed E-state index contributed by atoms with van der Waals surface area (Å²) < 4.78 is 0. The third kappa shape index (κ3) is 2.06. The second-order valence-corrected chi connectivity index (χ2v) is 5.27. The molecule has 0 amide bonds. The van der Waals surface area contributed by atoms with Gasteiger partial charge in [-0.2, -0.15) is 0 Å². The first-order chi connectivity index (χ1) is 10.8. The van der Waals surface area contributed by atoms with Crippen LogP contribution in [0, 0.1) is 0 Å². The highest BCUT2D eigenvalue weighted by Gasteiger charge is 2.13. The van der Waals surface area contributed by atoms with Gasteiger partial charge in [0.25, 0.3) is 0 Å². The average molecular weight is 283 g/mol. The molecule has 2 heteroatoms. The Bertz CT molecular complexity index is 999. The Balaban J connectivity index is 1.88. The summed E-state index contributed by atoms with van der Waals surface area (Å²) in [6, 6.07) is 23.5. The van der Waals surface area contributed by atoms with Gasteiger partial charge in [-0.15, -0.1) is 0 Å². The largest absolute Gasteiger partial charge is 0.289 e. The van der Waals surface area contributed by atoms with Gasteiger partial charge in [-0.1, -0.05) is 60.7 Å². The summed E-state index contributed by atoms with van der Waals surface area (Å²) >= 11 is 0. The van der Waals surface area contributed by atoms with Gasteiger partial charge in [0.1, 0.15) is 0 Å². The molecular formula is C20H13NO. The van der Waals surface area contributed by atoms with Crippen molar-refractivity contribution in [2.24, 2.45) is 0 Å². The predicted molar refractivity (Wildman–Crippen MR) is 89.1 cm³/mol. The topological polar surface area (TPSA) is 30.0 Å². The first kappa shape index (κ1) is 12.7. The SMILES string of the molecule is O=C(c1cnc2ccccc2c1)c1cccc2ccccc12. The fourth-order valence-corrected chi connectivity index (χ4v) is 2.77. The van der Waals surface area contributed by atoms with E-state index >= 15 is 0 Å². The lowest BCUT2D eigenvalue weighted by Gasteiger charge is -2.06. The van der Waals surface area contributed by atoms with Crippen molar-refractivity contribution in [3.8, 4) is 0 Å². The van der Waals surface area contributed by atoms with Crippen LogP contribution in [0.5, 0.6) is 0 Å². The Morgan fingerprint density at radius 2 is 1.50 bits per heavy atom. The molecule has 104 valence electrons. The molecule has 0 saturated carbocycles. The standard InChI is InChI=1S/C20H13NO/c22-20(16-12-15-7-2-4-11-19(15)21-13-16)18-10-5-8-14-6-1-3-9-17(14)18/h1-13H. The molecule has 4 rings (SSSR count). The van der Waals surface area contributed by atoms with E-state index in [4.69, 9.17) is 0 Å². The molecule has 0 bridgehead atoms. The number of hydrogen-bond donors (Lipinski definition) is 0. The maximum absolute atomic E-state index is 12.9. The average Bonchev–Trinajstić information content (AvgIpc) is 2.60. The van der Waals surface area contributed by atoms with E-state index in [1.54, 1.807) is 6.20 Å². The summed E-state index contributed by atoms with van der Waals surface area (Å²) in [5.74, 6) is 0.00931. The number of aromatic nitrogens is 1. The Morgan fingerprint density at radius 3 is 2.41 bits per heavy atom. The van der Waals surface area contributed by atoms with Gasteiger partial charge in [-0.25, -0.2) is 0 Å². The maximum atomic E-state index is 12.9. The highest BCUT2D eigenvalue weighted by Crippen LogP contribution is 2.22. The Kier molecular flexibility index (Phi) is 2.94. The van der Waals surface area contributed by atoms with Crippen LogP contribution in [-0.4, -0.2) is 10.8 Å². The number of rotatable bonds is 2.